The van der Waals surface area contributed by atoms with Gasteiger partial charge < -0.3 is 4.98 Å². The topological polar surface area (TPSA) is 76.2 Å². The predicted octanol–water partition coefficient (Wildman–Crippen LogP) is 5.94. The first-order valence-corrected chi connectivity index (χ1v) is 8.91. The summed E-state index contributed by atoms with van der Waals surface area (Å²) in [6.07, 6.45) is 3.40. The summed E-state index contributed by atoms with van der Waals surface area (Å²) >= 11 is 17.7. The highest BCUT2D eigenvalue weighted by Gasteiger charge is 2.14. The zero-order chi connectivity index (χ0) is 19.1. The van der Waals surface area contributed by atoms with Gasteiger partial charge in [-0.1, -0.05) is 41.4 Å². The molecular weight excluding hydrogens is 407 g/mol. The van der Waals surface area contributed by atoms with E-state index < -0.39 is 4.92 Å². The second-order valence-corrected chi connectivity index (χ2v) is 6.98. The predicted molar refractivity (Wildman–Crippen MR) is 108 cm³/mol. The Balaban J connectivity index is 1.95. The lowest BCUT2D eigenvalue weighted by Crippen LogP contribution is -1.93. The Morgan fingerprint density at radius 3 is 2.70 bits per heavy atom. The summed E-state index contributed by atoms with van der Waals surface area (Å²) in [5.74, 6) is 0. The van der Waals surface area contributed by atoms with Gasteiger partial charge in [0.25, 0.3) is 5.69 Å². The molecule has 0 amide bonds. The molecule has 27 heavy (non-hydrogen) atoms. The van der Waals surface area contributed by atoms with Gasteiger partial charge in [0.15, 0.2) is 0 Å². The number of halogens is 2. The van der Waals surface area contributed by atoms with Crippen molar-refractivity contribution in [1.29, 1.82) is 0 Å². The summed E-state index contributed by atoms with van der Waals surface area (Å²) in [6, 6.07) is 11.6. The Labute approximate surface area is 168 Å². The van der Waals surface area contributed by atoms with E-state index in [-0.39, 0.29) is 5.69 Å². The Bertz CT molecular complexity index is 1270. The van der Waals surface area contributed by atoms with E-state index in [2.05, 4.69) is 9.97 Å². The molecule has 0 unspecified atom stereocenters. The molecule has 9 heteroatoms. The van der Waals surface area contributed by atoms with Gasteiger partial charge in [-0.2, -0.15) is 0 Å². The highest BCUT2D eigenvalue weighted by Crippen LogP contribution is 2.33. The minimum atomic E-state index is -0.432. The van der Waals surface area contributed by atoms with Gasteiger partial charge in [-0.15, -0.1) is 0 Å². The van der Waals surface area contributed by atoms with Gasteiger partial charge in [0.1, 0.15) is 5.65 Å². The van der Waals surface area contributed by atoms with Gasteiger partial charge in [-0.05, 0) is 24.4 Å². The fraction of sp³-hybridized carbons (Fsp3) is 0. The molecular formula is C18H10Cl2N4O2S. The molecule has 0 aliphatic rings. The third-order valence-electron chi connectivity index (χ3n) is 4.11. The van der Waals surface area contributed by atoms with Crippen molar-refractivity contribution in [2.45, 2.75) is 0 Å². The number of nitrogens with one attached hydrogen (secondary N) is 1. The lowest BCUT2D eigenvalue weighted by molar-refractivity contribution is -0.384. The van der Waals surface area contributed by atoms with E-state index in [1.165, 1.54) is 12.1 Å². The molecule has 0 radical (unpaired) electrons. The van der Waals surface area contributed by atoms with Gasteiger partial charge in [0.05, 0.1) is 15.6 Å². The maximum absolute atomic E-state index is 11.1. The summed E-state index contributed by atoms with van der Waals surface area (Å²) in [4.78, 5) is 18.1. The summed E-state index contributed by atoms with van der Waals surface area (Å²) in [5.41, 5.74) is 3.50. The zero-order valence-electron chi connectivity index (χ0n) is 13.5. The number of fused-ring (bicyclic) bond motifs is 1. The molecule has 4 aromatic rings. The van der Waals surface area contributed by atoms with Crippen LogP contribution in [-0.2, 0) is 0 Å². The second kappa shape index (κ2) is 6.77. The molecule has 0 spiro atoms. The molecule has 0 bridgehead atoms. The van der Waals surface area contributed by atoms with Gasteiger partial charge in [-0.3, -0.25) is 14.5 Å². The number of nitro benzene ring substituents is 1. The number of H-pyrrole nitrogens is 1. The van der Waals surface area contributed by atoms with Crippen LogP contribution in [0.2, 0.25) is 10.0 Å². The monoisotopic (exact) mass is 416 g/mol. The van der Waals surface area contributed by atoms with Gasteiger partial charge in [0, 0.05) is 46.2 Å². The van der Waals surface area contributed by atoms with Crippen LogP contribution in [0.1, 0.15) is 0 Å². The standard InChI is InChI=1S/C18H10Cl2N4O2S/c19-11-4-5-13(15(20)7-11)14-8-21-18(27)23-9-16(22-17(14)23)10-2-1-3-12(6-10)24(25)26/h1-9,22H. The van der Waals surface area contributed by atoms with E-state index in [0.29, 0.717) is 31.7 Å². The Morgan fingerprint density at radius 1 is 1.15 bits per heavy atom. The van der Waals surface area contributed by atoms with E-state index in [9.17, 15) is 10.1 Å². The molecule has 0 saturated carbocycles. The largest absolute Gasteiger partial charge is 0.339 e. The third kappa shape index (κ3) is 3.21. The van der Waals surface area contributed by atoms with Crippen LogP contribution in [0.15, 0.2) is 54.9 Å². The van der Waals surface area contributed by atoms with Crippen molar-refractivity contribution in [1.82, 2.24) is 14.4 Å². The van der Waals surface area contributed by atoms with Crippen molar-refractivity contribution in [3.63, 3.8) is 0 Å². The third-order valence-corrected chi connectivity index (χ3v) is 4.96. The van der Waals surface area contributed by atoms with E-state index in [0.717, 1.165) is 11.1 Å². The van der Waals surface area contributed by atoms with Crippen LogP contribution in [0.3, 0.4) is 0 Å². The molecule has 134 valence electrons. The SMILES string of the molecule is O=[N+]([O-])c1cccc(-c2cn3c(=S)ncc(-c4ccc(Cl)cc4Cl)c3[nH]2)c1. The fourth-order valence-corrected chi connectivity index (χ4v) is 3.55. The van der Waals surface area contributed by atoms with Gasteiger partial charge >= 0.3 is 0 Å². The van der Waals surface area contributed by atoms with Crippen LogP contribution in [-0.4, -0.2) is 19.3 Å². The number of aromatic nitrogens is 3. The average molecular weight is 417 g/mol. The average Bonchev–Trinajstić information content (AvgIpc) is 3.09. The molecule has 0 fully saturated rings. The molecule has 2 aromatic carbocycles. The van der Waals surface area contributed by atoms with Gasteiger partial charge in [0.2, 0.25) is 4.77 Å². The number of imidazole rings is 1. The zero-order valence-corrected chi connectivity index (χ0v) is 15.8. The maximum atomic E-state index is 11.1. The van der Waals surface area contributed by atoms with Crippen molar-refractivity contribution in [2.75, 3.05) is 0 Å². The van der Waals surface area contributed by atoms with Crippen LogP contribution in [0.4, 0.5) is 5.69 Å². The van der Waals surface area contributed by atoms with Crippen molar-refractivity contribution < 1.29 is 4.92 Å². The molecule has 2 aromatic heterocycles. The Morgan fingerprint density at radius 2 is 1.96 bits per heavy atom. The molecule has 4 rings (SSSR count). The molecule has 0 atom stereocenters. The number of benzene rings is 2. The van der Waals surface area contributed by atoms with E-state index in [1.54, 1.807) is 47.1 Å². The molecule has 2 heterocycles. The molecule has 0 aliphatic carbocycles. The number of hydrogen-bond donors (Lipinski definition) is 1. The van der Waals surface area contributed by atoms with Crippen molar-refractivity contribution in [3.8, 4) is 22.4 Å². The number of nitro groups is 1. The molecule has 0 saturated heterocycles. The second-order valence-electron chi connectivity index (χ2n) is 5.77. The van der Waals surface area contributed by atoms with Crippen LogP contribution >= 0.6 is 35.4 Å². The smallest absolute Gasteiger partial charge is 0.270 e. The quantitative estimate of drug-likeness (QED) is 0.254. The Kier molecular flexibility index (Phi) is 4.43. The summed E-state index contributed by atoms with van der Waals surface area (Å²) in [7, 11) is 0. The van der Waals surface area contributed by atoms with Gasteiger partial charge in [-0.25, -0.2) is 4.98 Å². The highest BCUT2D eigenvalue weighted by atomic mass is 35.5. The van der Waals surface area contributed by atoms with E-state index >= 15 is 0 Å². The first kappa shape index (κ1) is 17.7. The van der Waals surface area contributed by atoms with Crippen LogP contribution < -0.4 is 0 Å². The number of rotatable bonds is 3. The summed E-state index contributed by atoms with van der Waals surface area (Å²) in [5, 5.41) is 12.1. The lowest BCUT2D eigenvalue weighted by atomic mass is 10.1. The molecule has 6 nitrogen and oxygen atoms in total. The number of nitrogens with zero attached hydrogens (tertiary/aromatic N) is 3. The lowest BCUT2D eigenvalue weighted by Gasteiger charge is -2.06. The highest BCUT2D eigenvalue weighted by molar-refractivity contribution is 7.71. The minimum absolute atomic E-state index is 0.00819. The van der Waals surface area contributed by atoms with Crippen molar-refractivity contribution >= 4 is 46.8 Å². The van der Waals surface area contributed by atoms with Crippen molar-refractivity contribution in [3.05, 3.63) is 79.8 Å². The summed E-state index contributed by atoms with van der Waals surface area (Å²) in [6.45, 7) is 0. The minimum Gasteiger partial charge on any atom is -0.339 e. The van der Waals surface area contributed by atoms with Crippen LogP contribution in [0.5, 0.6) is 0 Å². The van der Waals surface area contributed by atoms with E-state index in [1.807, 2.05) is 0 Å². The van der Waals surface area contributed by atoms with Crippen molar-refractivity contribution in [2.24, 2.45) is 0 Å². The Hall–Kier alpha value is -2.74. The molecule has 1 N–H and O–H groups in total. The van der Waals surface area contributed by atoms with Crippen LogP contribution in [0, 0.1) is 14.9 Å². The first-order chi connectivity index (χ1) is 12.9. The number of hydrogen-bond acceptors (Lipinski definition) is 4. The summed E-state index contributed by atoms with van der Waals surface area (Å²) < 4.78 is 2.07. The molecule has 0 aliphatic heterocycles. The number of non-ortho nitro benzene ring substituents is 1. The van der Waals surface area contributed by atoms with E-state index in [4.69, 9.17) is 35.4 Å². The maximum Gasteiger partial charge on any atom is 0.270 e. The van der Waals surface area contributed by atoms with Crippen LogP contribution in [0.25, 0.3) is 28.0 Å². The normalized spacial score (nSPS) is 11.0. The first-order valence-electron chi connectivity index (χ1n) is 7.74. The number of aromatic amines is 1. The fourth-order valence-electron chi connectivity index (χ4n) is 2.84.